The predicted octanol–water partition coefficient (Wildman–Crippen LogP) is 8.68. The first-order chi connectivity index (χ1) is 44.3. The summed E-state index contributed by atoms with van der Waals surface area (Å²) in [6.07, 6.45) is 0.425. The number of urea groups is 1. The van der Waals surface area contributed by atoms with Gasteiger partial charge in [-0.2, -0.15) is 0 Å². The van der Waals surface area contributed by atoms with E-state index < -0.39 is 78.2 Å². The second-order valence-corrected chi connectivity index (χ2v) is 27.7. The molecule has 2 aliphatic rings. The van der Waals surface area contributed by atoms with Crippen molar-refractivity contribution in [2.75, 3.05) is 45.2 Å². The number of carbonyl (C=O) groups excluding carboxylic acids is 6. The average Bonchev–Trinajstić information content (AvgIpc) is 1.61. The number of aryl methyl sites for hydroxylation is 1. The van der Waals surface area contributed by atoms with E-state index >= 15 is 0 Å². The number of amides is 7. The van der Waals surface area contributed by atoms with Crippen LogP contribution in [0, 0.1) is 18.8 Å². The van der Waals surface area contributed by atoms with Crippen LogP contribution in [0.25, 0.3) is 43.4 Å². The summed E-state index contributed by atoms with van der Waals surface area (Å²) >= 11 is 7.09. The summed E-state index contributed by atoms with van der Waals surface area (Å²) in [5.41, 5.74) is 2.47. The van der Waals surface area contributed by atoms with Gasteiger partial charge in [-0.3, -0.25) is 38.5 Å². The topological polar surface area (TPSA) is 363 Å². The smallest absolute Gasteiger partial charge is 0.325 e. The molecular formula is C60H64N14O12S6. The van der Waals surface area contributed by atoms with E-state index in [2.05, 4.69) is 26.6 Å². The largest absolute Gasteiger partial charge is 0.481 e. The van der Waals surface area contributed by atoms with Gasteiger partial charge in [-0.1, -0.05) is 50.6 Å². The number of thiazole rings is 6. The van der Waals surface area contributed by atoms with E-state index in [0.29, 0.717) is 107 Å². The molecule has 0 radical (unpaired) electrons. The van der Waals surface area contributed by atoms with E-state index in [4.69, 9.17) is 39.6 Å². The molecule has 8 N–H and O–H groups in total. The zero-order valence-corrected chi connectivity index (χ0v) is 55.2. The van der Waals surface area contributed by atoms with Crippen LogP contribution < -0.4 is 31.5 Å². The molecule has 10 bridgehead atoms. The number of aliphatic hydroxyl groups excluding tert-OH is 1. The first-order valence-electron chi connectivity index (χ1n) is 29.2. The molecule has 4 atom stereocenters. The van der Waals surface area contributed by atoms with Gasteiger partial charge in [0, 0.05) is 72.2 Å². The van der Waals surface area contributed by atoms with Gasteiger partial charge in [0.1, 0.15) is 82.2 Å². The van der Waals surface area contributed by atoms with Crippen molar-refractivity contribution < 1.29 is 58.4 Å². The van der Waals surface area contributed by atoms with E-state index in [0.717, 1.165) is 34.0 Å². The molecule has 1 unspecified atom stereocenters. The van der Waals surface area contributed by atoms with E-state index in [9.17, 15) is 53.7 Å². The number of rotatable bonds is 16. The van der Waals surface area contributed by atoms with Crippen LogP contribution in [-0.2, 0) is 30.5 Å². The Labute approximate surface area is 551 Å². The number of carbonyl (C=O) groups is 8. The lowest BCUT2D eigenvalue weighted by atomic mass is 9.97. The maximum Gasteiger partial charge on any atom is 0.325 e. The van der Waals surface area contributed by atoms with Gasteiger partial charge in [0.15, 0.2) is 0 Å². The molecule has 9 heterocycles. The van der Waals surface area contributed by atoms with Crippen LogP contribution in [0.4, 0.5) is 10.6 Å². The lowest BCUT2D eigenvalue weighted by molar-refractivity contribution is -0.143. The molecule has 7 aromatic heterocycles. The molecule has 0 aliphatic carbocycles. The molecule has 0 saturated carbocycles. The summed E-state index contributed by atoms with van der Waals surface area (Å²) < 4.78 is 5.46. The Hall–Kier alpha value is -8.37. The minimum atomic E-state index is -1.30. The zero-order chi connectivity index (χ0) is 65.3. The van der Waals surface area contributed by atoms with E-state index in [1.54, 1.807) is 75.8 Å². The SMILES string of the molecule is CNC(=O)C[C@@H]1NC(=O)c2csc(n2)-c2ccc(-c3nc(N(CCCCCC(=O)O)C(=O)N4CCC(C(=O)O)CC4)cs3)nc2-c2csc(n2)-c2csc(n2)[C@H]([C@@H](O)c2ccccc2)NC(=O)CNC(=O)c2nc(sc2COC)C(C(C)C)NC(=O)c2nc1sc2C. The van der Waals surface area contributed by atoms with Crippen molar-refractivity contribution in [3.8, 4) is 43.4 Å². The Kier molecular flexibility index (Phi) is 21.7. The standard InChI is InChI=1S/C60H64N14O12S6/c1-29(2)44-58-72-47(39(92-58)24-86-5)51(81)62-23-42(76)69-48(49(79)31-12-8-6-9-13-31)57-67-38(27-89-57)55-65-36(25-88-55)46-33(53-66-37(26-87-53)50(80)64-35(22-41(75)61-4)56-71-45(30(3)91-56)52(82)70-44)15-16-34(63-46)54-68-40(28-90-54)74(19-11-7-10-14-43(77)78)60(85)73-20-17-32(18-21-73)59(83)84/h6,8-9,12-13,15-16,25-29,32,35,44,48-49,79H,7,10-11,14,17-24H2,1-5H3,(H,61,75)(H,62,81)(H,64,80)(H,69,76)(H,70,82)(H,77,78)(H,83,84)/t35-,44?,48-,49-/m0/s1. The number of nitrogens with one attached hydrogen (secondary N) is 5. The molecule has 1 saturated heterocycles. The lowest BCUT2D eigenvalue weighted by Crippen LogP contribution is -2.48. The van der Waals surface area contributed by atoms with Crippen molar-refractivity contribution in [3.63, 3.8) is 0 Å². The number of fused-ring (bicyclic) bond motifs is 14. The fourth-order valence-corrected chi connectivity index (χ4v) is 15.8. The van der Waals surface area contributed by atoms with Crippen LogP contribution >= 0.6 is 68.0 Å². The molecule has 92 heavy (non-hydrogen) atoms. The quantitative estimate of drug-likeness (QED) is 0.0419. The van der Waals surface area contributed by atoms with Gasteiger partial charge in [-0.25, -0.2) is 39.7 Å². The Bertz CT molecular complexity index is 4020. The fraction of sp³-hybridized carbons (Fsp3) is 0.383. The number of nitrogens with zero attached hydrogens (tertiary/aromatic N) is 9. The number of aromatic nitrogens is 7. The van der Waals surface area contributed by atoms with Crippen LogP contribution in [0.2, 0.25) is 0 Å². The Morgan fingerprint density at radius 3 is 2.14 bits per heavy atom. The molecule has 2 aliphatic heterocycles. The van der Waals surface area contributed by atoms with Gasteiger partial charge < -0.3 is 51.5 Å². The Morgan fingerprint density at radius 1 is 0.707 bits per heavy atom. The van der Waals surface area contributed by atoms with Crippen molar-refractivity contribution in [2.24, 2.45) is 11.8 Å². The highest BCUT2D eigenvalue weighted by atomic mass is 32.1. The predicted molar refractivity (Wildman–Crippen MR) is 348 cm³/mol. The molecule has 32 heteroatoms. The summed E-state index contributed by atoms with van der Waals surface area (Å²) in [5, 5.41) is 54.0. The lowest BCUT2D eigenvalue weighted by Gasteiger charge is -2.34. The molecule has 8 aromatic rings. The van der Waals surface area contributed by atoms with Gasteiger partial charge in [0.05, 0.1) is 48.1 Å². The maximum atomic E-state index is 14.4. The van der Waals surface area contributed by atoms with Crippen molar-refractivity contribution in [2.45, 2.75) is 96.6 Å². The Morgan fingerprint density at radius 2 is 1.41 bits per heavy atom. The normalized spacial score (nSPS) is 17.1. The number of hydrogen-bond donors (Lipinski definition) is 8. The summed E-state index contributed by atoms with van der Waals surface area (Å²) in [6.45, 7) is 5.58. The number of ether oxygens (including phenoxy) is 1. The van der Waals surface area contributed by atoms with Crippen molar-refractivity contribution >= 4 is 121 Å². The number of hydrogen-bond acceptors (Lipinski definition) is 23. The number of pyridine rings is 1. The number of piperidine rings is 1. The molecule has 482 valence electrons. The van der Waals surface area contributed by atoms with E-state index in [-0.39, 0.29) is 73.1 Å². The van der Waals surface area contributed by atoms with Crippen LogP contribution in [-0.4, -0.2) is 143 Å². The van der Waals surface area contributed by atoms with Crippen LogP contribution in [0.3, 0.4) is 0 Å². The Balaban J connectivity index is 1.04. The van der Waals surface area contributed by atoms with Crippen molar-refractivity contribution in [1.82, 2.24) is 66.4 Å². The average molecular weight is 1370 g/mol. The second kappa shape index (κ2) is 29.9. The number of anilines is 1. The third kappa shape index (κ3) is 15.6. The molecule has 1 fully saturated rings. The molecule has 26 nitrogen and oxygen atoms in total. The van der Waals surface area contributed by atoms with Crippen LogP contribution in [0.1, 0.15) is 145 Å². The van der Waals surface area contributed by atoms with Gasteiger partial charge >= 0.3 is 18.0 Å². The minimum absolute atomic E-state index is 0.000900. The summed E-state index contributed by atoms with van der Waals surface area (Å²) in [6, 6.07) is 9.00. The number of aliphatic carboxylic acids is 2. The number of likely N-dealkylation sites (tertiary alicyclic amines) is 1. The third-order valence-corrected chi connectivity index (χ3v) is 20.8. The zero-order valence-electron chi connectivity index (χ0n) is 50.3. The van der Waals surface area contributed by atoms with Gasteiger partial charge in [0.2, 0.25) is 11.8 Å². The third-order valence-electron chi connectivity index (χ3n) is 15.1. The number of benzene rings is 1. The maximum absolute atomic E-state index is 14.4. The molecule has 1 aromatic carbocycles. The number of carboxylic acids is 2. The number of aliphatic hydroxyl groups is 1. The molecular weight excluding hydrogens is 1300 g/mol. The van der Waals surface area contributed by atoms with E-state index in [1.807, 2.05) is 13.8 Å². The van der Waals surface area contributed by atoms with Crippen molar-refractivity contribution in [3.05, 3.63) is 111 Å². The molecule has 10 rings (SSSR count). The van der Waals surface area contributed by atoms with E-state index in [1.165, 1.54) is 53.1 Å². The highest BCUT2D eigenvalue weighted by molar-refractivity contribution is 7.15. The molecule has 7 amide bonds. The fourth-order valence-electron chi connectivity index (χ4n) is 10.2. The summed E-state index contributed by atoms with van der Waals surface area (Å²) in [4.78, 5) is 146. The second-order valence-electron chi connectivity index (χ2n) is 21.9. The molecule has 0 spiro atoms. The number of unbranched alkanes of at least 4 members (excludes halogenated alkanes) is 2. The number of methoxy groups -OCH3 is 1. The summed E-state index contributed by atoms with van der Waals surface area (Å²) in [7, 11) is 2.93. The van der Waals surface area contributed by atoms with Crippen LogP contribution in [0.5, 0.6) is 0 Å². The van der Waals surface area contributed by atoms with Gasteiger partial charge in [-0.05, 0) is 56.2 Å². The van der Waals surface area contributed by atoms with Crippen LogP contribution in [0.15, 0.2) is 64.0 Å². The van der Waals surface area contributed by atoms with Crippen molar-refractivity contribution in [1.29, 1.82) is 0 Å². The highest BCUT2D eigenvalue weighted by Gasteiger charge is 2.35. The summed E-state index contributed by atoms with van der Waals surface area (Å²) in [5.74, 6) is -5.31. The van der Waals surface area contributed by atoms with Gasteiger partial charge in [0.25, 0.3) is 17.7 Å². The minimum Gasteiger partial charge on any atom is -0.481 e. The van der Waals surface area contributed by atoms with Gasteiger partial charge in [-0.15, -0.1) is 68.0 Å². The monoisotopic (exact) mass is 1360 g/mol. The first kappa shape index (κ1) is 66.5. The highest BCUT2D eigenvalue weighted by Crippen LogP contribution is 2.41. The number of carboxylic acid groups (broad SMARTS) is 2. The first-order valence-corrected chi connectivity index (χ1v) is 34.4.